The fourth-order valence-electron chi connectivity index (χ4n) is 4.32. The minimum atomic E-state index is -0.179. The molecular formula is C25H28ClN7O2S. The van der Waals surface area contributed by atoms with E-state index in [1.165, 1.54) is 6.33 Å². The van der Waals surface area contributed by atoms with Crippen LogP contribution in [0.15, 0.2) is 36.1 Å². The van der Waals surface area contributed by atoms with E-state index in [1.54, 1.807) is 17.5 Å². The van der Waals surface area contributed by atoms with E-state index in [0.717, 1.165) is 61.9 Å². The summed E-state index contributed by atoms with van der Waals surface area (Å²) in [5.74, 6) is 1.94. The van der Waals surface area contributed by atoms with Crippen molar-refractivity contribution < 1.29 is 9.47 Å². The van der Waals surface area contributed by atoms with E-state index in [4.69, 9.17) is 26.1 Å². The zero-order chi connectivity index (χ0) is 24.5. The molecule has 1 aliphatic carbocycles. The number of hydrogen-bond donors (Lipinski definition) is 1. The van der Waals surface area contributed by atoms with Gasteiger partial charge in [-0.15, -0.1) is 11.3 Å². The third kappa shape index (κ3) is 5.04. The maximum atomic E-state index is 6.80. The van der Waals surface area contributed by atoms with Gasteiger partial charge in [-0.05, 0) is 38.0 Å². The van der Waals surface area contributed by atoms with Crippen LogP contribution in [-0.4, -0.2) is 74.3 Å². The fraction of sp³-hybridized carbons (Fsp3) is 0.440. The van der Waals surface area contributed by atoms with Crippen LogP contribution >= 0.6 is 22.9 Å². The van der Waals surface area contributed by atoms with E-state index in [0.29, 0.717) is 41.0 Å². The highest BCUT2D eigenvalue weighted by Gasteiger charge is 2.41. The van der Waals surface area contributed by atoms with Gasteiger partial charge in [0, 0.05) is 49.9 Å². The third-order valence-electron chi connectivity index (χ3n) is 6.64. The van der Waals surface area contributed by atoms with Crippen LogP contribution < -0.4 is 14.8 Å². The highest BCUT2D eigenvalue weighted by molar-refractivity contribution is 7.09. The number of nitrogens with one attached hydrogen (secondary N) is 1. The maximum Gasteiger partial charge on any atom is 0.245 e. The maximum absolute atomic E-state index is 6.80. The van der Waals surface area contributed by atoms with Crippen LogP contribution in [0.2, 0.25) is 5.02 Å². The lowest BCUT2D eigenvalue weighted by Crippen LogP contribution is -2.44. The minimum Gasteiger partial charge on any atom is -0.492 e. The molecule has 0 atom stereocenters. The van der Waals surface area contributed by atoms with Crippen LogP contribution in [0.25, 0.3) is 22.6 Å². The zero-order valence-corrected chi connectivity index (χ0v) is 21.7. The van der Waals surface area contributed by atoms with Crippen LogP contribution in [0.4, 0.5) is 0 Å². The molecule has 36 heavy (non-hydrogen) atoms. The van der Waals surface area contributed by atoms with Crippen molar-refractivity contribution in [3.63, 3.8) is 0 Å². The second kappa shape index (κ2) is 9.93. The first-order valence-corrected chi connectivity index (χ1v) is 13.5. The Morgan fingerprint density at radius 1 is 1.17 bits per heavy atom. The SMILES string of the molecule is CC1(Oc2ncnc3c2nc(-c2ccc(OCCN4CCNCC4)cc2Cl)n3Cc2nccs2)CC1. The summed E-state index contributed by atoms with van der Waals surface area (Å²) in [6.07, 6.45) is 5.35. The third-order valence-corrected chi connectivity index (χ3v) is 7.72. The summed E-state index contributed by atoms with van der Waals surface area (Å²) in [6.45, 7) is 8.27. The van der Waals surface area contributed by atoms with E-state index in [9.17, 15) is 0 Å². The van der Waals surface area contributed by atoms with Gasteiger partial charge in [-0.3, -0.25) is 4.90 Å². The molecule has 11 heteroatoms. The molecule has 188 valence electrons. The van der Waals surface area contributed by atoms with Crippen LogP contribution in [0.5, 0.6) is 11.6 Å². The van der Waals surface area contributed by atoms with Crippen molar-refractivity contribution in [2.24, 2.45) is 0 Å². The fourth-order valence-corrected chi connectivity index (χ4v) is 5.18. The second-order valence-corrected chi connectivity index (χ2v) is 10.8. The summed E-state index contributed by atoms with van der Waals surface area (Å²) < 4.78 is 14.3. The summed E-state index contributed by atoms with van der Waals surface area (Å²) in [4.78, 5) is 20.8. The average Bonchev–Trinajstić information content (AvgIpc) is 3.25. The molecule has 4 heterocycles. The van der Waals surface area contributed by atoms with Crippen LogP contribution in [0, 0.1) is 0 Å². The molecule has 0 amide bonds. The number of aromatic nitrogens is 5. The number of hydrogen-bond acceptors (Lipinski definition) is 9. The lowest BCUT2D eigenvalue weighted by atomic mass is 10.2. The molecule has 9 nitrogen and oxygen atoms in total. The first-order chi connectivity index (χ1) is 17.6. The van der Waals surface area contributed by atoms with Crippen molar-refractivity contribution in [1.82, 2.24) is 34.7 Å². The Kier molecular flexibility index (Phi) is 6.51. The number of halogens is 1. The van der Waals surface area contributed by atoms with Gasteiger partial charge in [0.25, 0.3) is 0 Å². The summed E-state index contributed by atoms with van der Waals surface area (Å²) in [5.41, 5.74) is 1.94. The monoisotopic (exact) mass is 525 g/mol. The Bertz CT molecular complexity index is 1350. The summed E-state index contributed by atoms with van der Waals surface area (Å²) in [5, 5.41) is 6.85. The van der Waals surface area contributed by atoms with Gasteiger partial charge in [-0.2, -0.15) is 4.98 Å². The number of fused-ring (bicyclic) bond motifs is 1. The topological polar surface area (TPSA) is 90.2 Å². The Labute approximate surface area is 218 Å². The second-order valence-electron chi connectivity index (χ2n) is 9.43. The summed E-state index contributed by atoms with van der Waals surface area (Å²) >= 11 is 8.39. The predicted octanol–water partition coefficient (Wildman–Crippen LogP) is 3.87. The molecule has 3 aromatic heterocycles. The van der Waals surface area contributed by atoms with Gasteiger partial charge < -0.3 is 19.4 Å². The van der Waals surface area contributed by atoms with Crippen molar-refractivity contribution in [2.45, 2.75) is 31.9 Å². The Balaban J connectivity index is 1.30. The van der Waals surface area contributed by atoms with Crippen molar-refractivity contribution in [3.05, 3.63) is 46.1 Å². The molecule has 0 unspecified atom stereocenters. The highest BCUT2D eigenvalue weighted by Crippen LogP contribution is 2.41. The number of imidazole rings is 1. The molecule has 1 saturated carbocycles. The van der Waals surface area contributed by atoms with Gasteiger partial charge in [0.05, 0.1) is 11.6 Å². The number of ether oxygens (including phenoxy) is 2. The van der Waals surface area contributed by atoms with Crippen molar-refractivity contribution in [2.75, 3.05) is 39.3 Å². The van der Waals surface area contributed by atoms with Gasteiger partial charge in [-0.25, -0.2) is 15.0 Å². The molecule has 0 bridgehead atoms. The van der Waals surface area contributed by atoms with E-state index < -0.39 is 0 Å². The molecule has 0 spiro atoms. The number of thiazole rings is 1. The summed E-state index contributed by atoms with van der Waals surface area (Å²) in [6, 6.07) is 5.76. The Hall–Kier alpha value is -2.79. The van der Waals surface area contributed by atoms with Crippen LogP contribution in [-0.2, 0) is 6.54 Å². The largest absolute Gasteiger partial charge is 0.492 e. The van der Waals surface area contributed by atoms with Gasteiger partial charge in [0.15, 0.2) is 11.2 Å². The average molecular weight is 526 g/mol. The number of rotatable bonds is 9. The van der Waals surface area contributed by atoms with Crippen molar-refractivity contribution >= 4 is 34.1 Å². The molecular weight excluding hydrogens is 498 g/mol. The van der Waals surface area contributed by atoms with E-state index >= 15 is 0 Å². The standard InChI is InChI=1S/C25H28ClN7O2S/c1-25(4-5-25)35-24-21-23(29-16-30-24)33(15-20-28-8-13-36-20)22(31-21)18-3-2-17(14-19(18)26)34-12-11-32-9-6-27-7-10-32/h2-3,8,13-14,16,27H,4-7,9-12,15H2,1H3. The van der Waals surface area contributed by atoms with Gasteiger partial charge in [-0.1, -0.05) is 11.6 Å². The number of piperazine rings is 1. The molecule has 2 aliphatic rings. The Morgan fingerprint density at radius 3 is 2.78 bits per heavy atom. The normalized spacial score (nSPS) is 17.4. The quantitative estimate of drug-likeness (QED) is 0.352. The number of benzene rings is 1. The summed E-state index contributed by atoms with van der Waals surface area (Å²) in [7, 11) is 0. The lowest BCUT2D eigenvalue weighted by Gasteiger charge is -2.26. The van der Waals surface area contributed by atoms with Gasteiger partial charge >= 0.3 is 0 Å². The molecule has 2 fully saturated rings. The Morgan fingerprint density at radius 2 is 2.03 bits per heavy atom. The molecule has 1 aromatic carbocycles. The van der Waals surface area contributed by atoms with E-state index in [-0.39, 0.29) is 5.60 Å². The lowest BCUT2D eigenvalue weighted by molar-refractivity contribution is 0.191. The zero-order valence-electron chi connectivity index (χ0n) is 20.1. The molecule has 4 aromatic rings. The first kappa shape index (κ1) is 23.6. The smallest absolute Gasteiger partial charge is 0.245 e. The van der Waals surface area contributed by atoms with Crippen molar-refractivity contribution in [1.29, 1.82) is 0 Å². The van der Waals surface area contributed by atoms with Crippen LogP contribution in [0.1, 0.15) is 24.8 Å². The molecule has 6 rings (SSSR count). The van der Waals surface area contributed by atoms with Crippen LogP contribution in [0.3, 0.4) is 0 Å². The first-order valence-electron chi connectivity index (χ1n) is 12.2. The van der Waals surface area contributed by atoms with Crippen molar-refractivity contribution in [3.8, 4) is 23.0 Å². The highest BCUT2D eigenvalue weighted by atomic mass is 35.5. The molecule has 1 aliphatic heterocycles. The number of nitrogens with zero attached hydrogens (tertiary/aromatic N) is 6. The minimum absolute atomic E-state index is 0.179. The van der Waals surface area contributed by atoms with E-state index in [2.05, 4.69) is 32.1 Å². The molecule has 1 saturated heterocycles. The molecule has 1 N–H and O–H groups in total. The molecule has 0 radical (unpaired) electrons. The van der Waals surface area contributed by atoms with Gasteiger partial charge in [0.1, 0.15) is 35.1 Å². The van der Waals surface area contributed by atoms with Gasteiger partial charge in [0.2, 0.25) is 5.88 Å². The van der Waals surface area contributed by atoms with E-state index in [1.807, 2.05) is 28.1 Å². The predicted molar refractivity (Wildman–Crippen MR) is 140 cm³/mol.